The third kappa shape index (κ3) is 4.85. The molecule has 0 aliphatic heterocycles. The molecular weight excluding hydrogens is 546 g/mol. The summed E-state index contributed by atoms with van der Waals surface area (Å²) in [5.41, 5.74) is 11.8. The second kappa shape index (κ2) is 11.3. The zero-order valence-electron chi connectivity index (χ0n) is 27.0. The molecule has 45 heavy (non-hydrogen) atoms. The van der Waals surface area contributed by atoms with E-state index in [1.807, 2.05) is 0 Å². The highest BCUT2D eigenvalue weighted by Gasteiger charge is 2.09. The maximum absolute atomic E-state index is 2.26. The minimum Gasteiger partial charge on any atom is -0.344 e. The molecule has 9 rings (SSSR count). The number of aromatic nitrogens is 3. The van der Waals surface area contributed by atoms with Crippen molar-refractivity contribution in [3.8, 4) is 0 Å². The van der Waals surface area contributed by atoms with Gasteiger partial charge >= 0.3 is 0 Å². The summed E-state index contributed by atoms with van der Waals surface area (Å²) in [5.74, 6) is 0. The zero-order chi connectivity index (χ0) is 31.2. The largest absolute Gasteiger partial charge is 0.344 e. The first-order valence-electron chi connectivity index (χ1n) is 15.6. The molecule has 3 aromatic heterocycles. The highest BCUT2D eigenvalue weighted by Crippen LogP contribution is 2.31. The van der Waals surface area contributed by atoms with E-state index in [1.54, 1.807) is 0 Å². The zero-order valence-corrected chi connectivity index (χ0v) is 27.0. The number of benzene rings is 6. The Morgan fingerprint density at radius 3 is 1.47 bits per heavy atom. The predicted molar refractivity (Wildman–Crippen MR) is 195 cm³/mol. The van der Waals surface area contributed by atoms with Crippen LogP contribution in [0, 0.1) is 20.8 Å². The maximum atomic E-state index is 2.26. The summed E-state index contributed by atoms with van der Waals surface area (Å²) in [6.07, 6.45) is 0. The number of hydrogen-bond acceptors (Lipinski definition) is 0. The van der Waals surface area contributed by atoms with Crippen LogP contribution < -0.4 is 0 Å². The fourth-order valence-corrected chi connectivity index (χ4v) is 6.94. The lowest BCUT2D eigenvalue weighted by Gasteiger charge is -1.97. The van der Waals surface area contributed by atoms with E-state index in [1.165, 1.54) is 82.1 Å². The van der Waals surface area contributed by atoms with Crippen LogP contribution in [0.3, 0.4) is 0 Å². The molecule has 0 aliphatic carbocycles. The van der Waals surface area contributed by atoms with Crippen LogP contribution in [0.25, 0.3) is 65.4 Å². The standard InChI is InChI=1S/3C14H13N/c1-10-6-5-9-13-14(10)11-7-3-4-8-12(11)15(13)2;1-10-7-8-14-12(9-10)11-5-3-4-6-13(11)15(14)2;1-10-7-8-12-11-5-3-4-6-13(11)15(2)14(12)9-10/h3*3-9H,1-2H3. The molecule has 0 radical (unpaired) electrons. The highest BCUT2D eigenvalue weighted by atomic mass is 14.9. The molecule has 0 bridgehead atoms. The van der Waals surface area contributed by atoms with Crippen molar-refractivity contribution in [2.75, 3.05) is 0 Å². The van der Waals surface area contributed by atoms with Crippen molar-refractivity contribution >= 4 is 65.4 Å². The molecule has 0 N–H and O–H groups in total. The summed E-state index contributed by atoms with van der Waals surface area (Å²) in [4.78, 5) is 0. The van der Waals surface area contributed by atoms with Crippen LogP contribution in [-0.2, 0) is 21.1 Å². The Bertz CT molecular complexity index is 2490. The topological polar surface area (TPSA) is 14.8 Å². The highest BCUT2D eigenvalue weighted by molar-refractivity contribution is 6.10. The number of nitrogens with zero attached hydrogens (tertiary/aromatic N) is 3. The van der Waals surface area contributed by atoms with Gasteiger partial charge in [0, 0.05) is 86.6 Å². The molecule has 0 fully saturated rings. The van der Waals surface area contributed by atoms with Crippen molar-refractivity contribution in [2.24, 2.45) is 21.1 Å². The Morgan fingerprint density at radius 1 is 0.333 bits per heavy atom. The van der Waals surface area contributed by atoms with Gasteiger partial charge in [0.05, 0.1) is 0 Å². The van der Waals surface area contributed by atoms with E-state index in [0.717, 1.165) is 0 Å². The molecule has 0 saturated carbocycles. The summed E-state index contributed by atoms with van der Waals surface area (Å²) >= 11 is 0. The molecule has 0 amide bonds. The van der Waals surface area contributed by atoms with Crippen LogP contribution >= 0.6 is 0 Å². The van der Waals surface area contributed by atoms with E-state index >= 15 is 0 Å². The van der Waals surface area contributed by atoms with Gasteiger partial charge in [0.15, 0.2) is 0 Å². The van der Waals surface area contributed by atoms with E-state index in [2.05, 4.69) is 183 Å². The van der Waals surface area contributed by atoms with E-state index in [4.69, 9.17) is 0 Å². The minimum absolute atomic E-state index is 1.30. The number of fused-ring (bicyclic) bond motifs is 9. The fraction of sp³-hybridized carbons (Fsp3) is 0.143. The predicted octanol–water partition coefficient (Wildman–Crippen LogP) is 10.9. The van der Waals surface area contributed by atoms with Gasteiger partial charge < -0.3 is 13.7 Å². The minimum atomic E-state index is 1.30. The molecule has 0 aliphatic rings. The summed E-state index contributed by atoms with van der Waals surface area (Å²) < 4.78 is 6.78. The average molecular weight is 586 g/mol. The quantitative estimate of drug-likeness (QED) is 0.168. The van der Waals surface area contributed by atoms with Gasteiger partial charge in [-0.3, -0.25) is 0 Å². The molecule has 6 aromatic carbocycles. The third-order valence-corrected chi connectivity index (χ3v) is 9.29. The van der Waals surface area contributed by atoms with Gasteiger partial charge in [0.25, 0.3) is 0 Å². The number of aryl methyl sites for hydroxylation is 6. The van der Waals surface area contributed by atoms with Gasteiger partial charge in [-0.05, 0) is 74.4 Å². The van der Waals surface area contributed by atoms with Gasteiger partial charge in [-0.25, -0.2) is 0 Å². The number of rotatable bonds is 0. The second-order valence-electron chi connectivity index (χ2n) is 12.2. The first-order valence-corrected chi connectivity index (χ1v) is 15.6. The number of hydrogen-bond donors (Lipinski definition) is 0. The lowest BCUT2D eigenvalue weighted by Crippen LogP contribution is -1.86. The SMILES string of the molecule is Cc1ccc2c(c1)c1ccccc1n2C.Cc1ccc2c3ccccc3n(C)c2c1.Cc1cccc2c1c1ccccc1n2C. The molecule has 3 heteroatoms. The Labute approximate surface area is 264 Å². The van der Waals surface area contributed by atoms with E-state index in [0.29, 0.717) is 0 Å². The third-order valence-electron chi connectivity index (χ3n) is 9.29. The fourth-order valence-electron chi connectivity index (χ4n) is 6.94. The molecule has 3 heterocycles. The van der Waals surface area contributed by atoms with Crippen molar-refractivity contribution < 1.29 is 0 Å². The lowest BCUT2D eigenvalue weighted by molar-refractivity contribution is 1.01. The van der Waals surface area contributed by atoms with Gasteiger partial charge in [-0.2, -0.15) is 0 Å². The van der Waals surface area contributed by atoms with Gasteiger partial charge in [0.1, 0.15) is 0 Å². The summed E-state index contributed by atoms with van der Waals surface area (Å²) in [5, 5.41) is 8.13. The monoisotopic (exact) mass is 585 g/mol. The summed E-state index contributed by atoms with van der Waals surface area (Å²) in [7, 11) is 6.38. The van der Waals surface area contributed by atoms with Crippen LogP contribution in [0.4, 0.5) is 0 Å². The number of para-hydroxylation sites is 3. The lowest BCUT2D eigenvalue weighted by atomic mass is 10.1. The van der Waals surface area contributed by atoms with Crippen LogP contribution in [-0.4, -0.2) is 13.7 Å². The first-order chi connectivity index (χ1) is 21.8. The smallest absolute Gasteiger partial charge is 0.0491 e. The van der Waals surface area contributed by atoms with Crippen molar-refractivity contribution in [1.82, 2.24) is 13.7 Å². The van der Waals surface area contributed by atoms with Gasteiger partial charge in [-0.15, -0.1) is 0 Å². The summed E-state index contributed by atoms with van der Waals surface area (Å²) in [6, 6.07) is 45.4. The van der Waals surface area contributed by atoms with E-state index in [-0.39, 0.29) is 0 Å². The Balaban J connectivity index is 0.000000108. The normalized spacial score (nSPS) is 11.3. The van der Waals surface area contributed by atoms with Crippen LogP contribution in [0.2, 0.25) is 0 Å². The van der Waals surface area contributed by atoms with Crippen molar-refractivity contribution in [3.63, 3.8) is 0 Å². The van der Waals surface area contributed by atoms with E-state index < -0.39 is 0 Å². The Kier molecular flexibility index (Phi) is 7.17. The Hall–Kier alpha value is -5.28. The van der Waals surface area contributed by atoms with Crippen LogP contribution in [0.5, 0.6) is 0 Å². The van der Waals surface area contributed by atoms with Crippen LogP contribution in [0.15, 0.2) is 127 Å². The van der Waals surface area contributed by atoms with Gasteiger partial charge in [-0.1, -0.05) is 90.5 Å². The molecule has 9 aromatic rings. The van der Waals surface area contributed by atoms with Crippen molar-refractivity contribution in [2.45, 2.75) is 20.8 Å². The molecule has 0 saturated heterocycles. The molecule has 0 unspecified atom stereocenters. The van der Waals surface area contributed by atoms with Crippen molar-refractivity contribution in [3.05, 3.63) is 144 Å². The van der Waals surface area contributed by atoms with Crippen LogP contribution in [0.1, 0.15) is 16.7 Å². The molecule has 222 valence electrons. The average Bonchev–Trinajstić information content (AvgIpc) is 3.63. The first kappa shape index (κ1) is 28.5. The molecule has 3 nitrogen and oxygen atoms in total. The second-order valence-corrected chi connectivity index (χ2v) is 12.2. The van der Waals surface area contributed by atoms with Crippen molar-refractivity contribution in [1.29, 1.82) is 0 Å². The molecule has 0 atom stereocenters. The van der Waals surface area contributed by atoms with Gasteiger partial charge in [0.2, 0.25) is 0 Å². The maximum Gasteiger partial charge on any atom is 0.0491 e. The summed E-state index contributed by atoms with van der Waals surface area (Å²) in [6.45, 7) is 6.45. The Morgan fingerprint density at radius 2 is 0.778 bits per heavy atom. The molecular formula is C42H39N3. The van der Waals surface area contributed by atoms with E-state index in [9.17, 15) is 0 Å². The molecule has 0 spiro atoms.